The van der Waals surface area contributed by atoms with Gasteiger partial charge >= 0.3 is 0 Å². The molecule has 4 nitrogen and oxygen atoms in total. The van der Waals surface area contributed by atoms with Crippen molar-refractivity contribution in [3.8, 4) is 0 Å². The number of benzene rings is 1. The van der Waals surface area contributed by atoms with E-state index in [1.807, 2.05) is 24.3 Å². The van der Waals surface area contributed by atoms with Crippen molar-refractivity contribution in [2.75, 3.05) is 0 Å². The molecule has 0 saturated carbocycles. The third-order valence-corrected chi connectivity index (χ3v) is 3.11. The standard InChI is InChI=1S/C10H6N2O2S/c13-8-5-9(14)15-10-11-6-3-1-2-4-7(6)12(8)10/h1-4H,5H2. The first-order valence-corrected chi connectivity index (χ1v) is 5.29. The molecule has 5 heteroatoms. The molecule has 1 aromatic carbocycles. The zero-order valence-electron chi connectivity index (χ0n) is 7.64. The highest BCUT2D eigenvalue weighted by Crippen LogP contribution is 2.29. The number of hydrogen-bond donors (Lipinski definition) is 0. The molecule has 2 heterocycles. The van der Waals surface area contributed by atoms with Crippen molar-refractivity contribution in [3.63, 3.8) is 0 Å². The lowest BCUT2D eigenvalue weighted by Crippen LogP contribution is -2.20. The molecule has 2 aromatic rings. The predicted molar refractivity (Wildman–Crippen MR) is 55.8 cm³/mol. The maximum absolute atomic E-state index is 11.7. The van der Waals surface area contributed by atoms with Gasteiger partial charge in [0.1, 0.15) is 0 Å². The van der Waals surface area contributed by atoms with Gasteiger partial charge in [0.25, 0.3) is 0 Å². The van der Waals surface area contributed by atoms with Crippen LogP contribution in [0.3, 0.4) is 0 Å². The highest BCUT2D eigenvalue weighted by molar-refractivity contribution is 8.13. The molecule has 0 aliphatic carbocycles. The van der Waals surface area contributed by atoms with Crippen LogP contribution in [0.25, 0.3) is 11.0 Å². The summed E-state index contributed by atoms with van der Waals surface area (Å²) < 4.78 is 1.52. The summed E-state index contributed by atoms with van der Waals surface area (Å²) in [6, 6.07) is 7.38. The van der Waals surface area contributed by atoms with Gasteiger partial charge in [-0.15, -0.1) is 0 Å². The molecule has 1 aromatic heterocycles. The maximum atomic E-state index is 11.7. The fraction of sp³-hybridized carbons (Fsp3) is 0.100. The summed E-state index contributed by atoms with van der Waals surface area (Å²) in [7, 11) is 0. The Morgan fingerprint density at radius 2 is 2.07 bits per heavy atom. The van der Waals surface area contributed by atoms with Crippen LogP contribution in [0, 0.1) is 0 Å². The molecule has 0 N–H and O–H groups in total. The Morgan fingerprint density at radius 3 is 2.93 bits per heavy atom. The molecule has 0 fully saturated rings. The lowest BCUT2D eigenvalue weighted by atomic mass is 10.3. The van der Waals surface area contributed by atoms with Crippen LogP contribution < -0.4 is 0 Å². The first-order valence-electron chi connectivity index (χ1n) is 4.47. The fourth-order valence-corrected chi connectivity index (χ4v) is 2.49. The number of fused-ring (bicyclic) bond motifs is 3. The lowest BCUT2D eigenvalue weighted by molar-refractivity contribution is -0.110. The van der Waals surface area contributed by atoms with Gasteiger partial charge in [-0.25, -0.2) is 4.98 Å². The maximum Gasteiger partial charge on any atom is 0.241 e. The fourth-order valence-electron chi connectivity index (χ4n) is 1.65. The van der Waals surface area contributed by atoms with Gasteiger partial charge in [0.2, 0.25) is 11.0 Å². The second kappa shape index (κ2) is 2.93. The van der Waals surface area contributed by atoms with Crippen molar-refractivity contribution in [1.29, 1.82) is 0 Å². The zero-order valence-corrected chi connectivity index (χ0v) is 8.45. The number of aromatic nitrogens is 2. The van der Waals surface area contributed by atoms with Crippen molar-refractivity contribution >= 4 is 33.8 Å². The van der Waals surface area contributed by atoms with E-state index in [4.69, 9.17) is 0 Å². The number of carbonyl (C=O) groups excluding carboxylic acids is 2. The number of carbonyl (C=O) groups is 2. The van der Waals surface area contributed by atoms with Crippen LogP contribution in [0.5, 0.6) is 0 Å². The molecular formula is C10H6N2O2S. The molecule has 3 rings (SSSR count). The van der Waals surface area contributed by atoms with Crippen LogP contribution in [0.15, 0.2) is 29.4 Å². The number of para-hydroxylation sites is 2. The predicted octanol–water partition coefficient (Wildman–Crippen LogP) is 1.70. The SMILES string of the molecule is O=C1CC(=O)n2c(nc3ccccc32)S1. The van der Waals surface area contributed by atoms with Crippen molar-refractivity contribution in [2.45, 2.75) is 11.6 Å². The van der Waals surface area contributed by atoms with Gasteiger partial charge < -0.3 is 0 Å². The lowest BCUT2D eigenvalue weighted by Gasteiger charge is -2.10. The van der Waals surface area contributed by atoms with E-state index in [-0.39, 0.29) is 17.4 Å². The molecule has 1 aliphatic rings. The van der Waals surface area contributed by atoms with E-state index in [0.717, 1.165) is 22.8 Å². The van der Waals surface area contributed by atoms with Gasteiger partial charge in [-0.2, -0.15) is 0 Å². The summed E-state index contributed by atoms with van der Waals surface area (Å²) in [6.07, 6.45) is -0.0436. The number of imidazole rings is 1. The largest absolute Gasteiger partial charge is 0.286 e. The summed E-state index contributed by atoms with van der Waals surface area (Å²) in [5.74, 6) is -0.192. The Labute approximate surface area is 89.3 Å². The van der Waals surface area contributed by atoms with E-state index in [2.05, 4.69) is 4.98 Å². The molecule has 0 unspecified atom stereocenters. The Morgan fingerprint density at radius 1 is 1.27 bits per heavy atom. The van der Waals surface area contributed by atoms with Gasteiger partial charge in [0.05, 0.1) is 17.5 Å². The summed E-state index contributed by atoms with van der Waals surface area (Å²) >= 11 is 1.03. The summed E-state index contributed by atoms with van der Waals surface area (Å²) in [5, 5.41) is 0.347. The molecule has 15 heavy (non-hydrogen) atoms. The van der Waals surface area contributed by atoms with Crippen LogP contribution in [-0.2, 0) is 4.79 Å². The van der Waals surface area contributed by atoms with Gasteiger partial charge in [-0.05, 0) is 23.9 Å². The van der Waals surface area contributed by atoms with E-state index in [0.29, 0.717) is 5.16 Å². The molecule has 0 saturated heterocycles. The van der Waals surface area contributed by atoms with Crippen LogP contribution in [0.2, 0.25) is 0 Å². The molecule has 0 radical (unpaired) electrons. The van der Waals surface area contributed by atoms with Gasteiger partial charge in [-0.1, -0.05) is 12.1 Å². The number of rotatable bonds is 0. The van der Waals surface area contributed by atoms with E-state index in [9.17, 15) is 9.59 Å². The number of hydrogen-bond acceptors (Lipinski definition) is 4. The van der Waals surface area contributed by atoms with E-state index in [1.165, 1.54) is 4.57 Å². The number of nitrogens with zero attached hydrogens (tertiary/aromatic N) is 2. The van der Waals surface area contributed by atoms with Gasteiger partial charge in [0, 0.05) is 0 Å². The van der Waals surface area contributed by atoms with Crippen molar-refractivity contribution in [2.24, 2.45) is 0 Å². The van der Waals surface area contributed by atoms with Crippen LogP contribution in [-0.4, -0.2) is 20.6 Å². The third-order valence-electron chi connectivity index (χ3n) is 2.28. The molecule has 1 aliphatic heterocycles. The number of thioether (sulfide) groups is 1. The van der Waals surface area contributed by atoms with E-state index in [1.54, 1.807) is 0 Å². The van der Waals surface area contributed by atoms with Gasteiger partial charge in [0.15, 0.2) is 5.16 Å². The second-order valence-corrected chi connectivity index (χ2v) is 4.29. The Balaban J connectivity index is 2.36. The topological polar surface area (TPSA) is 52.0 Å². The Kier molecular flexibility index (Phi) is 1.70. The molecule has 0 atom stereocenters. The zero-order chi connectivity index (χ0) is 10.4. The molecule has 0 amide bonds. The highest BCUT2D eigenvalue weighted by Gasteiger charge is 2.26. The van der Waals surface area contributed by atoms with E-state index >= 15 is 0 Å². The van der Waals surface area contributed by atoms with E-state index < -0.39 is 0 Å². The average molecular weight is 218 g/mol. The first kappa shape index (κ1) is 8.67. The Bertz CT molecular complexity index is 588. The quantitative estimate of drug-likeness (QED) is 0.631. The van der Waals surface area contributed by atoms with Crippen LogP contribution in [0.1, 0.15) is 11.2 Å². The summed E-state index contributed by atoms with van der Waals surface area (Å²) in [5.41, 5.74) is 1.53. The van der Waals surface area contributed by atoms with Gasteiger partial charge in [-0.3, -0.25) is 14.2 Å². The minimum Gasteiger partial charge on any atom is -0.286 e. The normalized spacial score (nSPS) is 15.7. The minimum atomic E-state index is -0.192. The van der Waals surface area contributed by atoms with Crippen LogP contribution >= 0.6 is 11.8 Å². The minimum absolute atomic E-state index is 0.0436. The van der Waals surface area contributed by atoms with Crippen molar-refractivity contribution < 1.29 is 9.59 Å². The molecule has 0 spiro atoms. The molecular weight excluding hydrogens is 212 g/mol. The molecule has 74 valence electrons. The summed E-state index contributed by atoms with van der Waals surface area (Å²) in [6.45, 7) is 0. The van der Waals surface area contributed by atoms with Crippen molar-refractivity contribution in [1.82, 2.24) is 9.55 Å². The van der Waals surface area contributed by atoms with Crippen LogP contribution in [0.4, 0.5) is 0 Å². The highest BCUT2D eigenvalue weighted by atomic mass is 32.2. The summed E-state index contributed by atoms with van der Waals surface area (Å²) in [4.78, 5) is 27.1. The second-order valence-electron chi connectivity index (χ2n) is 3.26. The Hall–Kier alpha value is -1.62. The third kappa shape index (κ3) is 1.20. The first-order chi connectivity index (χ1) is 7.25. The van der Waals surface area contributed by atoms with Crippen molar-refractivity contribution in [3.05, 3.63) is 24.3 Å². The smallest absolute Gasteiger partial charge is 0.241 e. The molecule has 0 bridgehead atoms. The monoisotopic (exact) mass is 218 g/mol. The average Bonchev–Trinajstić information content (AvgIpc) is 2.54.